The van der Waals surface area contributed by atoms with Gasteiger partial charge < -0.3 is 11.1 Å². The number of nitrogens with two attached hydrogens (primary N) is 1. The fourth-order valence-corrected chi connectivity index (χ4v) is 5.45. The maximum Gasteiger partial charge on any atom is 0.416 e. The van der Waals surface area contributed by atoms with Crippen LogP contribution in [0, 0.1) is 11.2 Å². The van der Waals surface area contributed by atoms with Gasteiger partial charge in [0, 0.05) is 17.4 Å². The Labute approximate surface area is 164 Å². The molecule has 0 aliphatic carbocycles. The van der Waals surface area contributed by atoms with Crippen LogP contribution < -0.4 is 11.1 Å². The summed E-state index contributed by atoms with van der Waals surface area (Å²) in [6, 6.07) is 4.97. The number of nitrogens with zero attached hydrogens (tertiary/aromatic N) is 1. The number of alkyl halides is 3. The summed E-state index contributed by atoms with van der Waals surface area (Å²) in [4.78, 5) is 3.79. The van der Waals surface area contributed by atoms with E-state index in [1.165, 1.54) is 19.1 Å². The number of halogens is 4. The van der Waals surface area contributed by atoms with Crippen LogP contribution >= 0.6 is 0 Å². The molecule has 2 aromatic rings. The van der Waals surface area contributed by atoms with Crippen LogP contribution in [0.3, 0.4) is 0 Å². The van der Waals surface area contributed by atoms with E-state index in [0.29, 0.717) is 12.1 Å². The molecule has 1 aliphatic rings. The van der Waals surface area contributed by atoms with Crippen molar-refractivity contribution in [1.29, 1.82) is 5.41 Å². The first kappa shape index (κ1) is 21.0. The number of sulfone groups is 1. The first-order chi connectivity index (χ1) is 13.2. The molecule has 2 atom stereocenters. The van der Waals surface area contributed by atoms with E-state index in [1.54, 1.807) is 0 Å². The number of amidine groups is 1. The number of hydrogen-bond acceptors (Lipinski definition) is 5. The van der Waals surface area contributed by atoms with Crippen molar-refractivity contribution >= 4 is 21.4 Å². The lowest BCUT2D eigenvalue weighted by molar-refractivity contribution is -0.137. The molecule has 1 saturated heterocycles. The topological polar surface area (TPSA) is 109 Å². The van der Waals surface area contributed by atoms with Gasteiger partial charge in [-0.15, -0.1) is 0 Å². The molecular weight excluding hydrogens is 412 g/mol. The van der Waals surface area contributed by atoms with E-state index in [9.17, 15) is 26.0 Å². The summed E-state index contributed by atoms with van der Waals surface area (Å²) < 4.78 is 77.9. The molecule has 1 aromatic heterocycles. The second kappa shape index (κ2) is 6.41. The number of nitrogen functional groups attached to an aromatic ring is 1. The fourth-order valence-electron chi connectivity index (χ4n) is 3.38. The third kappa shape index (κ3) is 3.33. The molecule has 2 heterocycles. The van der Waals surface area contributed by atoms with Crippen molar-refractivity contribution < 1.29 is 26.0 Å². The number of hydrogen-bond donors (Lipinski definition) is 3. The van der Waals surface area contributed by atoms with Gasteiger partial charge in [0.2, 0.25) is 0 Å². The zero-order valence-electron chi connectivity index (χ0n) is 15.4. The van der Waals surface area contributed by atoms with Crippen LogP contribution in [0.15, 0.2) is 36.5 Å². The van der Waals surface area contributed by atoms with Gasteiger partial charge in [0.25, 0.3) is 0 Å². The SMILES string of the molecule is C[C@@]1(c2cc(N)ccc2F)CS(=O)(=O)[C@@](C)(c2cc(C(F)(F)F)ccn2)C(=N)N1. The van der Waals surface area contributed by atoms with Crippen molar-refractivity contribution in [2.45, 2.75) is 30.3 Å². The highest BCUT2D eigenvalue weighted by Gasteiger charge is 2.56. The summed E-state index contributed by atoms with van der Waals surface area (Å²) >= 11 is 0. The van der Waals surface area contributed by atoms with Crippen molar-refractivity contribution in [1.82, 2.24) is 10.3 Å². The van der Waals surface area contributed by atoms with Crippen LogP contribution in [0.4, 0.5) is 23.2 Å². The maximum atomic E-state index is 14.4. The van der Waals surface area contributed by atoms with Crippen LogP contribution in [0.2, 0.25) is 0 Å². The highest BCUT2D eigenvalue weighted by Crippen LogP contribution is 2.41. The van der Waals surface area contributed by atoms with Crippen LogP contribution in [0.25, 0.3) is 0 Å². The first-order valence-electron chi connectivity index (χ1n) is 8.39. The normalized spacial score (nSPS) is 26.8. The molecule has 29 heavy (non-hydrogen) atoms. The van der Waals surface area contributed by atoms with E-state index >= 15 is 0 Å². The molecule has 156 valence electrons. The smallest absolute Gasteiger partial charge is 0.399 e. The van der Waals surface area contributed by atoms with Crippen LogP contribution in [0.5, 0.6) is 0 Å². The number of rotatable bonds is 2. The molecule has 0 bridgehead atoms. The van der Waals surface area contributed by atoms with Crippen molar-refractivity contribution in [2.24, 2.45) is 0 Å². The second-order valence-electron chi connectivity index (χ2n) is 7.29. The van der Waals surface area contributed by atoms with E-state index in [1.807, 2.05) is 0 Å². The molecule has 6 nitrogen and oxygen atoms in total. The first-order valence-corrected chi connectivity index (χ1v) is 10.0. The Hall–Kier alpha value is -2.69. The van der Waals surface area contributed by atoms with Crippen LogP contribution in [-0.2, 0) is 26.3 Å². The third-order valence-corrected chi connectivity index (χ3v) is 7.75. The van der Waals surface area contributed by atoms with Gasteiger partial charge in [-0.1, -0.05) is 0 Å². The van der Waals surface area contributed by atoms with Crippen molar-refractivity contribution in [3.63, 3.8) is 0 Å². The summed E-state index contributed by atoms with van der Waals surface area (Å²) in [6.45, 7) is 2.49. The zero-order valence-corrected chi connectivity index (χ0v) is 16.2. The lowest BCUT2D eigenvalue weighted by Crippen LogP contribution is -2.63. The number of anilines is 1. The van der Waals surface area contributed by atoms with Gasteiger partial charge in [-0.2, -0.15) is 13.2 Å². The Balaban J connectivity index is 2.13. The molecule has 4 N–H and O–H groups in total. The summed E-state index contributed by atoms with van der Waals surface area (Å²) in [5.74, 6) is -2.02. The summed E-state index contributed by atoms with van der Waals surface area (Å²) in [5.41, 5.74) is 2.74. The average Bonchev–Trinajstić information content (AvgIpc) is 2.60. The molecule has 11 heteroatoms. The molecule has 0 radical (unpaired) electrons. The standard InChI is InChI=1S/C18H18F4N4O2S/c1-16(12-8-11(23)3-4-13(12)19)9-29(27,28)17(2,15(24)26-16)14-7-10(5-6-25-14)18(20,21)22/h3-8H,9,23H2,1-2H3,(H2,24,26)/t16-,17-/m0/s1. The van der Waals surface area contributed by atoms with Gasteiger partial charge in [0.05, 0.1) is 22.5 Å². The maximum absolute atomic E-state index is 14.4. The van der Waals surface area contributed by atoms with E-state index in [4.69, 9.17) is 11.1 Å². The Morgan fingerprint density at radius 1 is 1.21 bits per heavy atom. The Morgan fingerprint density at radius 2 is 1.86 bits per heavy atom. The minimum atomic E-state index is -4.71. The number of nitrogens with one attached hydrogen (secondary N) is 2. The van der Waals surface area contributed by atoms with Gasteiger partial charge in [-0.3, -0.25) is 10.4 Å². The third-order valence-electron chi connectivity index (χ3n) is 5.14. The predicted octanol–water partition coefficient (Wildman–Crippen LogP) is 2.95. The molecule has 1 aliphatic heterocycles. The summed E-state index contributed by atoms with van der Waals surface area (Å²) in [7, 11) is -4.30. The minimum absolute atomic E-state index is 0.0649. The monoisotopic (exact) mass is 430 g/mol. The fraction of sp³-hybridized carbons (Fsp3) is 0.333. The summed E-state index contributed by atoms with van der Waals surface area (Å²) in [6.07, 6.45) is -3.86. The van der Waals surface area contributed by atoms with Crippen molar-refractivity contribution in [3.8, 4) is 0 Å². The molecule has 1 aromatic carbocycles. The molecule has 0 saturated carbocycles. The van der Waals surface area contributed by atoms with Gasteiger partial charge in [0.1, 0.15) is 11.7 Å². The molecule has 0 spiro atoms. The zero-order chi connectivity index (χ0) is 21.8. The predicted molar refractivity (Wildman–Crippen MR) is 99.4 cm³/mol. The lowest BCUT2D eigenvalue weighted by atomic mass is 9.90. The Morgan fingerprint density at radius 3 is 2.45 bits per heavy atom. The van der Waals surface area contributed by atoms with Crippen molar-refractivity contribution in [2.75, 3.05) is 11.5 Å². The molecule has 0 unspecified atom stereocenters. The van der Waals surface area contributed by atoms with Crippen LogP contribution in [-0.4, -0.2) is 25.0 Å². The quantitative estimate of drug-likeness (QED) is 0.501. The number of aromatic nitrogens is 1. The van der Waals surface area contributed by atoms with E-state index in [-0.39, 0.29) is 11.3 Å². The molecular formula is C18H18F4N4O2S. The van der Waals surface area contributed by atoms with E-state index < -0.39 is 55.0 Å². The number of pyridine rings is 1. The second-order valence-corrected chi connectivity index (χ2v) is 9.63. The van der Waals surface area contributed by atoms with E-state index in [0.717, 1.165) is 19.2 Å². The largest absolute Gasteiger partial charge is 0.416 e. The Kier molecular flexibility index (Phi) is 4.65. The van der Waals surface area contributed by atoms with Gasteiger partial charge in [-0.05, 0) is 44.2 Å². The van der Waals surface area contributed by atoms with E-state index in [2.05, 4.69) is 10.3 Å². The average molecular weight is 430 g/mol. The highest BCUT2D eigenvalue weighted by atomic mass is 32.2. The molecule has 1 fully saturated rings. The van der Waals surface area contributed by atoms with Crippen molar-refractivity contribution in [3.05, 3.63) is 59.2 Å². The Bertz CT molecular complexity index is 1100. The van der Waals surface area contributed by atoms with Gasteiger partial charge in [-0.25, -0.2) is 12.8 Å². The lowest BCUT2D eigenvalue weighted by Gasteiger charge is -2.44. The van der Waals surface area contributed by atoms with Crippen LogP contribution in [0.1, 0.15) is 30.7 Å². The minimum Gasteiger partial charge on any atom is -0.399 e. The van der Waals surface area contributed by atoms with Gasteiger partial charge >= 0.3 is 6.18 Å². The summed E-state index contributed by atoms with van der Waals surface area (Å²) in [5, 5.41) is 11.0. The molecule has 3 rings (SSSR count). The highest BCUT2D eigenvalue weighted by molar-refractivity contribution is 7.93. The molecule has 0 amide bonds. The van der Waals surface area contributed by atoms with Gasteiger partial charge in [0.15, 0.2) is 14.6 Å². The number of benzene rings is 1.